The molecule has 0 unspecified atom stereocenters. The van der Waals surface area contributed by atoms with Gasteiger partial charge < -0.3 is 4.74 Å². The van der Waals surface area contributed by atoms with Crippen LogP contribution in [0.2, 0.25) is 0 Å². The smallest absolute Gasteiger partial charge is 0.333 e. The lowest BCUT2D eigenvalue weighted by Gasteiger charge is -1.96. The molecule has 4 nitrogen and oxygen atoms in total. The molecule has 0 aliphatic rings. The number of benzene rings is 1. The maximum Gasteiger partial charge on any atom is 0.333 e. The Labute approximate surface area is 108 Å². The van der Waals surface area contributed by atoms with Crippen molar-refractivity contribution >= 4 is 21.6 Å². The number of carbonyl (C=O) groups is 1. The summed E-state index contributed by atoms with van der Waals surface area (Å²) >= 11 is 0. The van der Waals surface area contributed by atoms with Crippen molar-refractivity contribution in [2.45, 2.75) is 13.8 Å². The summed E-state index contributed by atoms with van der Waals surface area (Å²) in [5.74, 6) is -0.591. The molecule has 0 atom stereocenters. The third kappa shape index (κ3) is 9.35. The highest BCUT2D eigenvalue weighted by Gasteiger charge is 1.99. The minimum Gasteiger partial charge on any atom is -0.457 e. The quantitative estimate of drug-likeness (QED) is 0.476. The Morgan fingerprint density at radius 2 is 1.89 bits per heavy atom. The van der Waals surface area contributed by atoms with Gasteiger partial charge in [-0.25, -0.2) is 4.79 Å². The van der Waals surface area contributed by atoms with Crippen LogP contribution >= 0.6 is 0 Å². The minimum absolute atomic E-state index is 0.234. The molecule has 1 aromatic rings. The molecular weight excluding hydrogens is 252 g/mol. The van der Waals surface area contributed by atoms with Crippen molar-refractivity contribution in [1.29, 1.82) is 0 Å². The molecule has 5 heteroatoms. The van der Waals surface area contributed by atoms with Crippen LogP contribution in [0.3, 0.4) is 0 Å². The molecule has 0 aromatic heterocycles. The van der Waals surface area contributed by atoms with Crippen molar-refractivity contribution in [1.82, 2.24) is 0 Å². The second-order valence-electron chi connectivity index (χ2n) is 3.46. The predicted octanol–water partition coefficient (Wildman–Crippen LogP) is 1.78. The molecule has 1 aromatic carbocycles. The Kier molecular flexibility index (Phi) is 8.22. The second-order valence-corrected chi connectivity index (χ2v) is 4.31. The Bertz CT molecular complexity index is 507. The molecule has 0 aliphatic carbocycles. The topological polar surface area (TPSA) is 60.4 Å². The first kappa shape index (κ1) is 16.1. The van der Waals surface area contributed by atoms with E-state index in [0.29, 0.717) is 0 Å². The van der Waals surface area contributed by atoms with E-state index in [1.165, 1.54) is 12.5 Å². The van der Waals surface area contributed by atoms with Gasteiger partial charge in [0.2, 0.25) is 10.3 Å². The summed E-state index contributed by atoms with van der Waals surface area (Å²) in [4.78, 5) is 10.6. The van der Waals surface area contributed by atoms with Crippen LogP contribution in [0.4, 0.5) is 0 Å². The maximum atomic E-state index is 10.6. The van der Waals surface area contributed by atoms with Gasteiger partial charge in [0, 0.05) is 5.57 Å². The first-order valence-corrected chi connectivity index (χ1v) is 6.33. The molecule has 18 heavy (non-hydrogen) atoms. The molecule has 0 amide bonds. The fourth-order valence-electron chi connectivity index (χ4n) is 0.823. The molecular formula is C13H16O4S. The number of hydrogen-bond acceptors (Lipinski definition) is 4. The number of esters is 1. The average molecular weight is 268 g/mol. The van der Waals surface area contributed by atoms with Crippen molar-refractivity contribution in [2.24, 2.45) is 0 Å². The Morgan fingerprint density at radius 3 is 2.22 bits per heavy atom. The molecule has 98 valence electrons. The van der Waals surface area contributed by atoms with Crippen molar-refractivity contribution in [3.8, 4) is 0 Å². The largest absolute Gasteiger partial charge is 0.457 e. The predicted molar refractivity (Wildman–Crippen MR) is 71.9 cm³/mol. The van der Waals surface area contributed by atoms with Crippen LogP contribution in [0.25, 0.3) is 0 Å². The molecule has 0 saturated carbocycles. The van der Waals surface area contributed by atoms with Gasteiger partial charge in [-0.15, -0.1) is 0 Å². The van der Waals surface area contributed by atoms with Gasteiger partial charge in [-0.2, -0.15) is 8.42 Å². The number of hydrogen-bond donors (Lipinski definition) is 0. The summed E-state index contributed by atoms with van der Waals surface area (Å²) < 4.78 is 24.2. The Hall–Kier alpha value is -1.88. The summed E-state index contributed by atoms with van der Waals surface area (Å²) in [5, 5.41) is 0.848. The number of rotatable bonds is 3. The third-order valence-electron chi connectivity index (χ3n) is 1.71. The zero-order valence-electron chi connectivity index (χ0n) is 10.4. The highest BCUT2D eigenvalue weighted by Crippen LogP contribution is 1.92. The molecule has 0 bridgehead atoms. The SMILES string of the molecule is C=C(C)C(=O)OCC=S(=O)=O.Cc1ccccc1. The van der Waals surface area contributed by atoms with E-state index in [4.69, 9.17) is 0 Å². The van der Waals surface area contributed by atoms with Crippen molar-refractivity contribution < 1.29 is 17.9 Å². The molecule has 0 N–H and O–H groups in total. The van der Waals surface area contributed by atoms with E-state index in [-0.39, 0.29) is 12.2 Å². The van der Waals surface area contributed by atoms with Gasteiger partial charge in [-0.05, 0) is 13.8 Å². The van der Waals surface area contributed by atoms with E-state index in [1.54, 1.807) is 0 Å². The lowest BCUT2D eigenvalue weighted by Crippen LogP contribution is -2.06. The van der Waals surface area contributed by atoms with E-state index < -0.39 is 16.3 Å². The first-order chi connectivity index (χ1) is 8.43. The van der Waals surface area contributed by atoms with E-state index in [9.17, 15) is 13.2 Å². The van der Waals surface area contributed by atoms with Crippen LogP contribution in [-0.2, 0) is 19.8 Å². The highest BCUT2D eigenvalue weighted by molar-refractivity contribution is 7.71. The van der Waals surface area contributed by atoms with Gasteiger partial charge in [0.05, 0.1) is 5.37 Å². The molecule has 0 saturated heterocycles. The van der Waals surface area contributed by atoms with Crippen LogP contribution in [0, 0.1) is 6.92 Å². The second kappa shape index (κ2) is 9.18. The summed E-state index contributed by atoms with van der Waals surface area (Å²) in [6, 6.07) is 10.3. The molecule has 0 aliphatic heterocycles. The van der Waals surface area contributed by atoms with Crippen molar-refractivity contribution in [3.63, 3.8) is 0 Å². The highest BCUT2D eigenvalue weighted by atomic mass is 32.2. The molecule has 0 heterocycles. The molecule has 0 fully saturated rings. The van der Waals surface area contributed by atoms with Gasteiger partial charge in [0.1, 0.15) is 6.61 Å². The van der Waals surface area contributed by atoms with Gasteiger partial charge in [0.15, 0.2) is 0 Å². The summed E-state index contributed by atoms with van der Waals surface area (Å²) in [6.07, 6.45) is 0. The number of aryl methyl sites for hydroxylation is 1. The lowest BCUT2D eigenvalue weighted by molar-refractivity contribution is -0.137. The zero-order valence-corrected chi connectivity index (χ0v) is 11.2. The van der Waals surface area contributed by atoms with Crippen molar-refractivity contribution in [2.75, 3.05) is 6.61 Å². The van der Waals surface area contributed by atoms with Gasteiger partial charge in [-0.3, -0.25) is 0 Å². The van der Waals surface area contributed by atoms with E-state index in [1.807, 2.05) is 18.2 Å². The molecule has 0 radical (unpaired) electrons. The van der Waals surface area contributed by atoms with Crippen LogP contribution in [0.15, 0.2) is 42.5 Å². The normalized spacial score (nSPS) is 8.56. The lowest BCUT2D eigenvalue weighted by atomic mass is 10.2. The number of ether oxygens (including phenoxy) is 1. The standard InChI is InChI=1S/C7H8.C6H8O4S/c1-7-5-3-2-4-6-7;1-5(2)6(7)10-3-4-11(8)9/h2-6H,1H3;4H,1,3H2,2H3. The Morgan fingerprint density at radius 1 is 1.33 bits per heavy atom. The van der Waals surface area contributed by atoms with Crippen LogP contribution in [-0.4, -0.2) is 26.4 Å². The Balaban J connectivity index is 0.000000351. The van der Waals surface area contributed by atoms with E-state index in [2.05, 4.69) is 30.4 Å². The summed E-state index contributed by atoms with van der Waals surface area (Å²) in [5.41, 5.74) is 1.57. The van der Waals surface area contributed by atoms with E-state index >= 15 is 0 Å². The summed E-state index contributed by atoms with van der Waals surface area (Å²) in [6.45, 7) is 6.64. The van der Waals surface area contributed by atoms with Crippen LogP contribution in [0.5, 0.6) is 0 Å². The van der Waals surface area contributed by atoms with Crippen LogP contribution in [0.1, 0.15) is 12.5 Å². The first-order valence-electron chi connectivity index (χ1n) is 5.19. The number of carbonyl (C=O) groups excluding carboxylic acids is 1. The molecule has 0 spiro atoms. The van der Waals surface area contributed by atoms with E-state index in [0.717, 1.165) is 5.37 Å². The van der Waals surface area contributed by atoms with Gasteiger partial charge in [-0.1, -0.05) is 42.5 Å². The maximum absolute atomic E-state index is 10.6. The van der Waals surface area contributed by atoms with Gasteiger partial charge in [0.25, 0.3) is 0 Å². The minimum atomic E-state index is -2.28. The average Bonchev–Trinajstić information content (AvgIpc) is 2.30. The third-order valence-corrected chi connectivity index (χ3v) is 2.12. The van der Waals surface area contributed by atoms with Crippen molar-refractivity contribution in [3.05, 3.63) is 48.0 Å². The fourth-order valence-corrected chi connectivity index (χ4v) is 1.00. The van der Waals surface area contributed by atoms with Gasteiger partial charge >= 0.3 is 5.97 Å². The summed E-state index contributed by atoms with van der Waals surface area (Å²) in [7, 11) is -2.28. The molecule has 1 rings (SSSR count). The van der Waals surface area contributed by atoms with Crippen LogP contribution < -0.4 is 0 Å². The fraction of sp³-hybridized carbons (Fsp3) is 0.231. The monoisotopic (exact) mass is 268 g/mol. The zero-order chi connectivity index (χ0) is 14.0.